The molecule has 0 aliphatic heterocycles. The van der Waals surface area contributed by atoms with Gasteiger partial charge in [-0.1, -0.05) is 12.1 Å². The van der Waals surface area contributed by atoms with Gasteiger partial charge in [-0.15, -0.1) is 0 Å². The predicted octanol–water partition coefficient (Wildman–Crippen LogP) is 1.07. The number of rotatable bonds is 6. The highest BCUT2D eigenvalue weighted by atomic mass is 16.5. The topological polar surface area (TPSA) is 102 Å². The van der Waals surface area contributed by atoms with Crippen molar-refractivity contribution in [2.45, 2.75) is 13.8 Å². The highest BCUT2D eigenvalue weighted by Crippen LogP contribution is 2.26. The van der Waals surface area contributed by atoms with Crippen molar-refractivity contribution in [2.75, 3.05) is 18.5 Å². The van der Waals surface area contributed by atoms with E-state index in [0.29, 0.717) is 11.4 Å². The van der Waals surface area contributed by atoms with E-state index in [1.807, 2.05) is 0 Å². The van der Waals surface area contributed by atoms with Crippen LogP contribution in [-0.4, -0.2) is 30.1 Å². The first-order valence-corrected chi connectivity index (χ1v) is 5.82. The maximum absolute atomic E-state index is 12.0. The molecule has 1 amide bonds. The van der Waals surface area contributed by atoms with Crippen molar-refractivity contribution in [1.82, 2.24) is 0 Å². The molecule has 1 aromatic carbocycles. The fraction of sp³-hybridized carbons (Fsp3) is 0.385. The van der Waals surface area contributed by atoms with E-state index in [1.54, 1.807) is 38.1 Å². The average molecular weight is 266 g/mol. The number of carboxylic acid groups (broad SMARTS) is 1. The number of nitrogens with one attached hydrogen (secondary N) is 1. The van der Waals surface area contributed by atoms with Crippen LogP contribution in [0.5, 0.6) is 5.75 Å². The normalized spacial score (nSPS) is 10.9. The molecule has 0 aliphatic rings. The zero-order chi connectivity index (χ0) is 14.5. The molecule has 0 aliphatic carbocycles. The molecule has 4 N–H and O–H groups in total. The maximum Gasteiger partial charge on any atom is 0.341 e. The molecule has 0 unspecified atom stereocenters. The number of anilines is 1. The van der Waals surface area contributed by atoms with Crippen LogP contribution in [0.15, 0.2) is 24.3 Å². The Balaban J connectivity index is 2.83. The van der Waals surface area contributed by atoms with Crippen molar-refractivity contribution in [3.63, 3.8) is 0 Å². The molecule has 1 aromatic rings. The summed E-state index contributed by atoms with van der Waals surface area (Å²) in [5, 5.41) is 11.3. The summed E-state index contributed by atoms with van der Waals surface area (Å²) in [5.74, 6) is -1.02. The number of ether oxygens (including phenoxy) is 1. The van der Waals surface area contributed by atoms with Gasteiger partial charge in [0.25, 0.3) is 0 Å². The molecule has 0 heterocycles. The smallest absolute Gasteiger partial charge is 0.341 e. The standard InChI is InChI=1S/C13H18N2O4/c1-13(2,8-14)12(18)15-9-5-3-4-6-10(9)19-7-11(16)17/h3-6H,7-8,14H2,1-2H3,(H,15,18)(H,16,17). The highest BCUT2D eigenvalue weighted by molar-refractivity contribution is 5.96. The van der Waals surface area contributed by atoms with Gasteiger partial charge >= 0.3 is 5.97 Å². The maximum atomic E-state index is 12.0. The Bertz CT molecular complexity index is 471. The van der Waals surface area contributed by atoms with E-state index in [4.69, 9.17) is 15.6 Å². The van der Waals surface area contributed by atoms with Gasteiger partial charge in [-0.3, -0.25) is 4.79 Å². The third kappa shape index (κ3) is 4.26. The second-order valence-electron chi connectivity index (χ2n) is 4.72. The van der Waals surface area contributed by atoms with Crippen LogP contribution in [0.2, 0.25) is 0 Å². The van der Waals surface area contributed by atoms with Gasteiger partial charge in [0.15, 0.2) is 6.61 Å². The van der Waals surface area contributed by atoms with E-state index in [2.05, 4.69) is 5.32 Å². The Morgan fingerprint density at radius 1 is 1.37 bits per heavy atom. The van der Waals surface area contributed by atoms with Crippen molar-refractivity contribution < 1.29 is 19.4 Å². The number of para-hydroxylation sites is 2. The third-order valence-electron chi connectivity index (χ3n) is 2.61. The molecular formula is C13H18N2O4. The summed E-state index contributed by atoms with van der Waals surface area (Å²) in [6, 6.07) is 6.65. The Hall–Kier alpha value is -2.08. The predicted molar refractivity (Wildman–Crippen MR) is 71.0 cm³/mol. The van der Waals surface area contributed by atoms with Gasteiger partial charge in [0.05, 0.1) is 11.1 Å². The molecule has 0 radical (unpaired) electrons. The second-order valence-corrected chi connectivity index (χ2v) is 4.72. The molecule has 19 heavy (non-hydrogen) atoms. The van der Waals surface area contributed by atoms with Gasteiger partial charge in [-0.25, -0.2) is 4.79 Å². The minimum absolute atomic E-state index is 0.205. The number of hydrogen-bond donors (Lipinski definition) is 3. The molecule has 0 spiro atoms. The zero-order valence-electron chi connectivity index (χ0n) is 11.0. The van der Waals surface area contributed by atoms with E-state index in [-0.39, 0.29) is 12.5 Å². The number of benzene rings is 1. The number of carbonyl (C=O) groups is 2. The van der Waals surface area contributed by atoms with E-state index >= 15 is 0 Å². The average Bonchev–Trinajstić information content (AvgIpc) is 2.37. The van der Waals surface area contributed by atoms with E-state index < -0.39 is 18.0 Å². The number of carboxylic acids is 1. The molecule has 0 atom stereocenters. The molecular weight excluding hydrogens is 248 g/mol. The Morgan fingerprint density at radius 2 is 2.00 bits per heavy atom. The minimum Gasteiger partial charge on any atom is -0.480 e. The largest absolute Gasteiger partial charge is 0.480 e. The van der Waals surface area contributed by atoms with Crippen LogP contribution in [0.25, 0.3) is 0 Å². The Morgan fingerprint density at radius 3 is 2.58 bits per heavy atom. The summed E-state index contributed by atoms with van der Waals surface area (Å²) in [7, 11) is 0. The van der Waals surface area contributed by atoms with Gasteiger partial charge < -0.3 is 20.9 Å². The lowest BCUT2D eigenvalue weighted by Gasteiger charge is -2.22. The van der Waals surface area contributed by atoms with Crippen LogP contribution in [0.4, 0.5) is 5.69 Å². The van der Waals surface area contributed by atoms with Crippen molar-refractivity contribution in [2.24, 2.45) is 11.1 Å². The second kappa shape index (κ2) is 6.19. The quantitative estimate of drug-likeness (QED) is 0.715. The van der Waals surface area contributed by atoms with Gasteiger partial charge in [-0.05, 0) is 26.0 Å². The molecule has 0 bridgehead atoms. The number of amides is 1. The van der Waals surface area contributed by atoms with E-state index in [9.17, 15) is 9.59 Å². The molecule has 1 rings (SSSR count). The highest BCUT2D eigenvalue weighted by Gasteiger charge is 2.26. The van der Waals surface area contributed by atoms with Crippen LogP contribution in [0, 0.1) is 5.41 Å². The van der Waals surface area contributed by atoms with Crippen LogP contribution in [0.1, 0.15) is 13.8 Å². The molecule has 6 nitrogen and oxygen atoms in total. The monoisotopic (exact) mass is 266 g/mol. The fourth-order valence-electron chi connectivity index (χ4n) is 1.22. The van der Waals surface area contributed by atoms with Gasteiger partial charge in [0, 0.05) is 6.54 Å². The first-order chi connectivity index (χ1) is 8.86. The Kier molecular flexibility index (Phi) is 4.88. The van der Waals surface area contributed by atoms with Crippen molar-refractivity contribution in [3.05, 3.63) is 24.3 Å². The zero-order valence-corrected chi connectivity index (χ0v) is 11.0. The lowest BCUT2D eigenvalue weighted by molar-refractivity contribution is -0.139. The number of aliphatic carboxylic acids is 1. The van der Waals surface area contributed by atoms with Crippen LogP contribution in [0.3, 0.4) is 0 Å². The third-order valence-corrected chi connectivity index (χ3v) is 2.61. The SMILES string of the molecule is CC(C)(CN)C(=O)Nc1ccccc1OCC(=O)O. The lowest BCUT2D eigenvalue weighted by atomic mass is 9.92. The van der Waals surface area contributed by atoms with Crippen LogP contribution < -0.4 is 15.8 Å². The number of nitrogens with two attached hydrogens (primary N) is 1. The summed E-state index contributed by atoms with van der Waals surface area (Å²) in [5.41, 5.74) is 5.25. The van der Waals surface area contributed by atoms with Gasteiger partial charge in [-0.2, -0.15) is 0 Å². The molecule has 0 saturated carbocycles. The number of carbonyl (C=O) groups excluding carboxylic acids is 1. The molecule has 104 valence electrons. The van der Waals surface area contributed by atoms with Crippen LogP contribution in [-0.2, 0) is 9.59 Å². The summed E-state index contributed by atoms with van der Waals surface area (Å²) in [4.78, 5) is 22.5. The molecule has 0 saturated heterocycles. The van der Waals surface area contributed by atoms with Gasteiger partial charge in [0.1, 0.15) is 5.75 Å². The fourth-order valence-corrected chi connectivity index (χ4v) is 1.22. The van der Waals surface area contributed by atoms with Gasteiger partial charge in [0.2, 0.25) is 5.91 Å². The summed E-state index contributed by atoms with van der Waals surface area (Å²) in [6.07, 6.45) is 0. The van der Waals surface area contributed by atoms with Crippen molar-refractivity contribution in [1.29, 1.82) is 0 Å². The van der Waals surface area contributed by atoms with Crippen molar-refractivity contribution >= 4 is 17.6 Å². The van der Waals surface area contributed by atoms with E-state index in [0.717, 1.165) is 0 Å². The minimum atomic E-state index is -1.08. The summed E-state index contributed by atoms with van der Waals surface area (Å²) in [6.45, 7) is 3.19. The Labute approximate surface area is 111 Å². The molecule has 0 fully saturated rings. The van der Waals surface area contributed by atoms with Crippen LogP contribution >= 0.6 is 0 Å². The first-order valence-electron chi connectivity index (χ1n) is 5.82. The van der Waals surface area contributed by atoms with Crippen molar-refractivity contribution in [3.8, 4) is 5.75 Å². The molecule has 6 heteroatoms. The molecule has 0 aromatic heterocycles. The lowest BCUT2D eigenvalue weighted by Crippen LogP contribution is -2.37. The summed E-state index contributed by atoms with van der Waals surface area (Å²) >= 11 is 0. The summed E-state index contributed by atoms with van der Waals surface area (Å²) < 4.78 is 5.10. The number of hydrogen-bond acceptors (Lipinski definition) is 4. The van der Waals surface area contributed by atoms with E-state index in [1.165, 1.54) is 0 Å². The first kappa shape index (κ1) is 15.0.